The topological polar surface area (TPSA) is 201 Å². The number of rotatable bonds is 8. The fourth-order valence-corrected chi connectivity index (χ4v) is 14.0. The van der Waals surface area contributed by atoms with Crippen molar-refractivity contribution in [2.45, 2.75) is 60.9 Å². The number of hydrogen-bond acceptors (Lipinski definition) is 10. The van der Waals surface area contributed by atoms with Gasteiger partial charge in [0, 0.05) is 26.9 Å². The second-order valence-corrected chi connectivity index (χ2v) is 19.2. The van der Waals surface area contributed by atoms with Crippen LogP contribution >= 0.6 is 0 Å². The highest BCUT2D eigenvalue weighted by atomic mass is 32.2. The van der Waals surface area contributed by atoms with E-state index in [4.69, 9.17) is 0 Å². The Labute approximate surface area is 256 Å². The summed E-state index contributed by atoms with van der Waals surface area (Å²) in [6, 6.07) is 5.58. The normalized spacial score (nSPS) is 26.4. The number of piperazine rings is 1. The van der Waals surface area contributed by atoms with Crippen LogP contribution in [0.3, 0.4) is 0 Å². The molecule has 0 saturated carbocycles. The van der Waals surface area contributed by atoms with Gasteiger partial charge in [0.15, 0.2) is 19.7 Å². The van der Waals surface area contributed by atoms with Crippen LogP contribution in [0.4, 0.5) is 0 Å². The van der Waals surface area contributed by atoms with Crippen LogP contribution in [-0.2, 0) is 62.4 Å². The number of sulfonamides is 2. The maximum absolute atomic E-state index is 14.1. The number of carbonyl (C=O) groups is 2. The van der Waals surface area contributed by atoms with E-state index in [0.29, 0.717) is 11.1 Å². The number of sulfone groups is 2. The van der Waals surface area contributed by atoms with Crippen molar-refractivity contribution < 1.29 is 43.3 Å². The number of hydrogen-bond donors (Lipinski definition) is 2. The van der Waals surface area contributed by atoms with Crippen molar-refractivity contribution in [3.8, 4) is 0 Å². The van der Waals surface area contributed by atoms with Crippen molar-refractivity contribution in [1.82, 2.24) is 19.2 Å². The molecule has 2 aromatic carbocycles. The Hall–Kier alpha value is -2.90. The first-order valence-corrected chi connectivity index (χ1v) is 20.1. The smallest absolute Gasteiger partial charge is 0.243 e. The minimum Gasteiger partial charge on any atom is -0.352 e. The first kappa shape index (κ1) is 32.5. The molecule has 2 aromatic rings. The van der Waals surface area contributed by atoms with Crippen molar-refractivity contribution in [3.05, 3.63) is 59.7 Å². The molecule has 0 aliphatic carbocycles. The van der Waals surface area contributed by atoms with Gasteiger partial charge in [0.25, 0.3) is 0 Å². The number of carbonyl (C=O) groups excluding carboxylic acids is 2. The Bertz CT molecular complexity index is 1730. The molecule has 18 heteroatoms. The van der Waals surface area contributed by atoms with Gasteiger partial charge in [-0.3, -0.25) is 9.59 Å². The molecule has 2 N–H and O–H groups in total. The quantitative estimate of drug-likeness (QED) is 0.346. The van der Waals surface area contributed by atoms with E-state index in [0.717, 1.165) is 8.61 Å². The molecular formula is C26H32N4O10S4. The minimum absolute atomic E-state index is 0.145. The third-order valence-electron chi connectivity index (χ3n) is 7.97. The number of fused-ring (bicyclic) bond motifs is 2. The molecule has 3 aliphatic rings. The van der Waals surface area contributed by atoms with E-state index in [1.807, 2.05) is 0 Å². The number of amides is 2. The maximum atomic E-state index is 14.1. The first-order chi connectivity index (χ1) is 20.4. The maximum Gasteiger partial charge on any atom is 0.243 e. The molecule has 3 saturated heterocycles. The summed E-state index contributed by atoms with van der Waals surface area (Å²) in [7, 11) is -16.9. The lowest BCUT2D eigenvalue weighted by Crippen LogP contribution is -2.69. The predicted octanol–water partition coefficient (Wildman–Crippen LogP) is -1.01. The van der Waals surface area contributed by atoms with Gasteiger partial charge in [-0.15, -0.1) is 0 Å². The van der Waals surface area contributed by atoms with Gasteiger partial charge < -0.3 is 10.6 Å². The van der Waals surface area contributed by atoms with Gasteiger partial charge in [-0.05, 0) is 35.4 Å². The number of nitrogens with zero attached hydrogens (tertiary/aromatic N) is 2. The van der Waals surface area contributed by atoms with Gasteiger partial charge in [-0.25, -0.2) is 33.7 Å². The standard InChI is InChI=1S/C26H32N4O10S4/c1-17(31)27-11-19-3-7-21(8-4-19)43(37,38)29-23-13-41(33,34)15-25(23)30(26-16-42(35,36)14-24(26)29)44(39,40)22-9-5-20(6-10-22)12-28-18(2)32/h3-10,23-26H,11-16H2,1-2H3,(H,27,31)(H,28,32)/t23-,24+,25+,26-. The number of nitrogens with one attached hydrogen (secondary N) is 2. The second-order valence-electron chi connectivity index (χ2n) is 11.2. The number of benzene rings is 2. The average molecular weight is 689 g/mol. The third kappa shape index (κ3) is 6.28. The van der Waals surface area contributed by atoms with E-state index >= 15 is 0 Å². The van der Waals surface area contributed by atoms with Crippen LogP contribution in [0.25, 0.3) is 0 Å². The zero-order valence-corrected chi connectivity index (χ0v) is 27.0. The van der Waals surface area contributed by atoms with Crippen LogP contribution in [0.1, 0.15) is 25.0 Å². The molecule has 2 amide bonds. The molecule has 3 heterocycles. The summed E-state index contributed by atoms with van der Waals surface area (Å²) in [5.41, 5.74) is 1.20. The molecule has 3 fully saturated rings. The van der Waals surface area contributed by atoms with Crippen LogP contribution < -0.4 is 10.6 Å². The molecular weight excluding hydrogens is 657 g/mol. The largest absolute Gasteiger partial charge is 0.352 e. The summed E-state index contributed by atoms with van der Waals surface area (Å²) in [5.74, 6) is -3.27. The molecule has 240 valence electrons. The molecule has 0 radical (unpaired) electrons. The SMILES string of the molecule is CC(=O)NCc1ccc(S(=O)(=O)N2[C@@H]3CS(=O)(=O)C[C@@H]3N(S(=O)(=O)c3ccc(CNC(C)=O)cc3)[C@@H]3CS(=O)(=O)C[C@@H]32)cc1. The van der Waals surface area contributed by atoms with Crippen LogP contribution in [0, 0.1) is 0 Å². The van der Waals surface area contributed by atoms with Crippen LogP contribution in [0.15, 0.2) is 58.3 Å². The summed E-state index contributed by atoms with van der Waals surface area (Å²) in [4.78, 5) is 22.0. The highest BCUT2D eigenvalue weighted by Crippen LogP contribution is 2.43. The van der Waals surface area contributed by atoms with Crippen molar-refractivity contribution in [3.63, 3.8) is 0 Å². The highest BCUT2D eigenvalue weighted by molar-refractivity contribution is 7.93. The van der Waals surface area contributed by atoms with E-state index in [1.165, 1.54) is 62.4 Å². The summed E-state index contributed by atoms with van der Waals surface area (Å²) in [6.07, 6.45) is 0. The highest BCUT2D eigenvalue weighted by Gasteiger charge is 2.63. The monoisotopic (exact) mass is 688 g/mol. The van der Waals surface area contributed by atoms with E-state index in [-0.39, 0.29) is 34.7 Å². The summed E-state index contributed by atoms with van der Waals surface area (Å²) >= 11 is 0. The minimum atomic E-state index is -4.51. The zero-order valence-electron chi connectivity index (χ0n) is 23.8. The van der Waals surface area contributed by atoms with Gasteiger partial charge in [0.05, 0.1) is 57.0 Å². The Morgan fingerprint density at radius 1 is 0.614 bits per heavy atom. The van der Waals surface area contributed by atoms with E-state index < -0.39 is 86.9 Å². The van der Waals surface area contributed by atoms with Gasteiger partial charge in [-0.2, -0.15) is 8.61 Å². The van der Waals surface area contributed by atoms with E-state index in [1.54, 1.807) is 0 Å². The Balaban J connectivity index is 1.56. The van der Waals surface area contributed by atoms with Crippen LogP contribution in [0.2, 0.25) is 0 Å². The predicted molar refractivity (Wildman–Crippen MR) is 158 cm³/mol. The summed E-state index contributed by atoms with van der Waals surface area (Å²) < 4.78 is 110. The van der Waals surface area contributed by atoms with E-state index in [2.05, 4.69) is 10.6 Å². The van der Waals surface area contributed by atoms with Gasteiger partial charge in [-0.1, -0.05) is 24.3 Å². The fourth-order valence-electron chi connectivity index (χ4n) is 6.05. The van der Waals surface area contributed by atoms with Crippen molar-refractivity contribution in [2.24, 2.45) is 0 Å². The lowest BCUT2D eigenvalue weighted by atomic mass is 10.0. The van der Waals surface area contributed by atoms with Crippen LogP contribution in [-0.4, -0.2) is 101 Å². The van der Waals surface area contributed by atoms with Crippen molar-refractivity contribution >= 4 is 51.5 Å². The molecule has 14 nitrogen and oxygen atoms in total. The van der Waals surface area contributed by atoms with Gasteiger partial charge in [0.2, 0.25) is 31.9 Å². The molecule has 4 atom stereocenters. The van der Waals surface area contributed by atoms with Gasteiger partial charge in [0.1, 0.15) is 0 Å². The lowest BCUT2D eigenvalue weighted by Gasteiger charge is -2.49. The van der Waals surface area contributed by atoms with Crippen molar-refractivity contribution in [2.75, 3.05) is 23.0 Å². The Kier molecular flexibility index (Phi) is 8.47. The van der Waals surface area contributed by atoms with Gasteiger partial charge >= 0.3 is 0 Å². The fraction of sp³-hybridized carbons (Fsp3) is 0.462. The molecule has 5 rings (SSSR count). The second kappa shape index (κ2) is 11.5. The molecule has 3 aliphatic heterocycles. The van der Waals surface area contributed by atoms with Crippen molar-refractivity contribution in [1.29, 1.82) is 0 Å². The third-order valence-corrected chi connectivity index (χ3v) is 15.3. The Morgan fingerprint density at radius 3 is 1.14 bits per heavy atom. The average Bonchev–Trinajstić information content (AvgIpc) is 3.41. The molecule has 0 aromatic heterocycles. The zero-order chi connectivity index (χ0) is 32.2. The molecule has 0 unspecified atom stereocenters. The summed E-state index contributed by atoms with van der Waals surface area (Å²) in [6.45, 7) is 2.96. The molecule has 44 heavy (non-hydrogen) atoms. The molecule has 0 spiro atoms. The Morgan fingerprint density at radius 2 is 0.886 bits per heavy atom. The summed E-state index contributed by atoms with van der Waals surface area (Å²) in [5, 5.41) is 5.19. The van der Waals surface area contributed by atoms with E-state index in [9.17, 15) is 43.3 Å². The lowest BCUT2D eigenvalue weighted by molar-refractivity contribution is -0.120. The first-order valence-electron chi connectivity index (χ1n) is 13.6. The molecule has 0 bridgehead atoms. The van der Waals surface area contributed by atoms with Crippen LogP contribution in [0.5, 0.6) is 0 Å².